The minimum Gasteiger partial charge on any atom is -0.476 e. The summed E-state index contributed by atoms with van der Waals surface area (Å²) in [7, 11) is 1.91. The second-order valence-corrected chi connectivity index (χ2v) is 22.2. The van der Waals surface area contributed by atoms with Crippen LogP contribution in [0, 0.1) is 6.92 Å². The third kappa shape index (κ3) is 10.1. The van der Waals surface area contributed by atoms with Crippen molar-refractivity contribution in [1.82, 2.24) is 30.0 Å². The number of hydrogen-bond donors (Lipinski definition) is 3. The van der Waals surface area contributed by atoms with Gasteiger partial charge in [-0.05, 0) is 139 Å². The fraction of sp³-hybridized carbons (Fsp3) is 0.317. The normalized spacial score (nSPS) is 16.2. The van der Waals surface area contributed by atoms with Gasteiger partial charge in [-0.15, -0.1) is 0 Å². The van der Waals surface area contributed by atoms with Gasteiger partial charge in [-0.2, -0.15) is 5.10 Å². The number of benzene rings is 5. The highest BCUT2D eigenvalue weighted by Gasteiger charge is 2.33. The number of aryl methyl sites for hydroxylation is 2. The zero-order valence-electron chi connectivity index (χ0n) is 43.5. The second kappa shape index (κ2) is 20.6. The van der Waals surface area contributed by atoms with E-state index in [1.165, 1.54) is 16.9 Å². The van der Waals surface area contributed by atoms with E-state index in [2.05, 4.69) is 87.5 Å². The Balaban J connectivity index is 0.751. The molecule has 0 bridgehead atoms. The summed E-state index contributed by atoms with van der Waals surface area (Å²) >= 11 is 1.43. The number of carbonyl (C=O) groups excluding carboxylic acids is 3. The Morgan fingerprint density at radius 1 is 0.868 bits per heavy atom. The van der Waals surface area contributed by atoms with Crippen molar-refractivity contribution in [3.8, 4) is 22.6 Å². The molecule has 3 aromatic heterocycles. The van der Waals surface area contributed by atoms with Crippen LogP contribution >= 0.6 is 11.3 Å². The van der Waals surface area contributed by atoms with Crippen LogP contribution in [-0.4, -0.2) is 92.7 Å². The quantitative estimate of drug-likeness (QED) is 0.0934. The monoisotopic (exact) mass is 1040 g/mol. The number of nitrogens with zero attached hydrogens (tertiary/aromatic N) is 7. The largest absolute Gasteiger partial charge is 0.476 e. The molecule has 3 amide bonds. The topological polar surface area (TPSA) is 175 Å². The van der Waals surface area contributed by atoms with Crippen molar-refractivity contribution in [1.29, 1.82) is 0 Å². The van der Waals surface area contributed by atoms with Gasteiger partial charge in [0, 0.05) is 74.9 Å². The first kappa shape index (κ1) is 50.2. The molecule has 6 heterocycles. The van der Waals surface area contributed by atoms with Crippen LogP contribution in [0.25, 0.3) is 32.2 Å². The highest BCUT2D eigenvalue weighted by Crippen LogP contribution is 2.43. The first-order chi connectivity index (χ1) is 36.6. The minimum atomic E-state index is -1.12. The van der Waals surface area contributed by atoms with Crippen LogP contribution in [0.4, 0.5) is 16.6 Å². The van der Waals surface area contributed by atoms with Gasteiger partial charge in [0.25, 0.3) is 5.91 Å². The highest BCUT2D eigenvalue weighted by atomic mass is 32.1. The lowest BCUT2D eigenvalue weighted by atomic mass is 9.80. The Kier molecular flexibility index (Phi) is 13.6. The van der Waals surface area contributed by atoms with E-state index in [1.54, 1.807) is 0 Å². The molecular weight excluding hydrogens is 975 g/mol. The molecule has 0 saturated carbocycles. The van der Waals surface area contributed by atoms with Gasteiger partial charge >= 0.3 is 5.97 Å². The van der Waals surface area contributed by atoms with Gasteiger partial charge in [0.05, 0.1) is 27.3 Å². The lowest BCUT2D eigenvalue weighted by Gasteiger charge is -2.36. The second-order valence-electron chi connectivity index (χ2n) is 21.2. The number of carbonyl (C=O) groups is 4. The maximum atomic E-state index is 13.9. The summed E-state index contributed by atoms with van der Waals surface area (Å²) < 4.78 is 9.47. The van der Waals surface area contributed by atoms with E-state index < -0.39 is 17.3 Å². The number of piperidine rings is 1. The summed E-state index contributed by atoms with van der Waals surface area (Å²) in [6.07, 6.45) is 3.33. The Morgan fingerprint density at radius 3 is 2.46 bits per heavy atom. The number of imide groups is 1. The van der Waals surface area contributed by atoms with Crippen LogP contribution in [0.15, 0.2) is 109 Å². The van der Waals surface area contributed by atoms with E-state index in [1.807, 2.05) is 91.4 Å². The molecule has 388 valence electrons. The van der Waals surface area contributed by atoms with Gasteiger partial charge in [0.1, 0.15) is 17.3 Å². The predicted molar refractivity (Wildman–Crippen MR) is 298 cm³/mol. The number of amides is 3. The average molecular weight is 1040 g/mol. The van der Waals surface area contributed by atoms with Crippen LogP contribution in [-0.2, 0) is 41.4 Å². The smallest absolute Gasteiger partial charge is 0.355 e. The van der Waals surface area contributed by atoms with Crippen molar-refractivity contribution in [2.75, 3.05) is 54.4 Å². The number of pyridine rings is 1. The number of ether oxygens (including phenoxy) is 1. The minimum absolute atomic E-state index is 0.0351. The number of rotatable bonds is 13. The molecule has 3 aliphatic heterocycles. The summed E-state index contributed by atoms with van der Waals surface area (Å²) in [5, 5.41) is 22.6. The lowest BCUT2D eigenvalue weighted by molar-refractivity contribution is -0.134. The number of para-hydroxylation sites is 1. The number of thiazole rings is 1. The zero-order chi connectivity index (χ0) is 52.8. The first-order valence-corrected chi connectivity index (χ1v) is 26.9. The number of piperazine rings is 1. The molecular formula is C60H61N9O6S. The van der Waals surface area contributed by atoms with E-state index in [0.29, 0.717) is 65.9 Å². The molecule has 3 aliphatic rings. The molecule has 1 unspecified atom stereocenters. The summed E-state index contributed by atoms with van der Waals surface area (Å²) in [6, 6.07) is 36.0. The van der Waals surface area contributed by atoms with E-state index in [-0.39, 0.29) is 23.4 Å². The molecule has 1 atom stereocenters. The molecule has 0 spiro atoms. The third-order valence-electron chi connectivity index (χ3n) is 15.2. The van der Waals surface area contributed by atoms with E-state index in [9.17, 15) is 24.3 Å². The van der Waals surface area contributed by atoms with Gasteiger partial charge in [0.15, 0.2) is 10.8 Å². The number of nitrogens with one attached hydrogen (secondary N) is 2. The summed E-state index contributed by atoms with van der Waals surface area (Å²) in [5.41, 5.74) is 9.81. The van der Waals surface area contributed by atoms with Crippen molar-refractivity contribution in [3.63, 3.8) is 0 Å². The van der Waals surface area contributed by atoms with Crippen molar-refractivity contribution >= 4 is 72.8 Å². The standard InChI is InChI=1S/C60H61N9O6S/c1-36-41(53-46(60(2,3)4)34-51(62-55(53)58(73)74)69-27-25-38-14-9-17-42(45(38)35-69)56(71)64-59-61-47-18-6-7-20-50(47)76-59)16-10-19-49(36)75-40-15-8-12-37(32-40)13-11-26-67-28-30-68(31-29-67)39-21-22-43-48(33-39)66(5)65-54(43)44-23-24-52(70)63-57(44)72/h6-10,12,14-22,32-34,44H,11,13,23-31,35H2,1-5H3,(H,73,74)(H,61,64,71)(H,63,70,72). The Hall–Kier alpha value is -7.95. The molecule has 5 aromatic carbocycles. The molecule has 8 aromatic rings. The SMILES string of the molecule is Cc1c(Oc2cccc(CCCN3CCN(c4ccc5c(C6CCC(=O)NC6=O)nn(C)c5c4)CC3)c2)cccc1-c1c(C(C)(C)C)cc(N2CCc3cccc(C(=O)Nc4nc5ccccc5s4)c3C2)nc1C(=O)O. The first-order valence-electron chi connectivity index (χ1n) is 26.1. The van der Waals surface area contributed by atoms with E-state index in [4.69, 9.17) is 14.8 Å². The predicted octanol–water partition coefficient (Wildman–Crippen LogP) is 10.4. The van der Waals surface area contributed by atoms with Gasteiger partial charge < -0.3 is 19.6 Å². The highest BCUT2D eigenvalue weighted by molar-refractivity contribution is 7.22. The van der Waals surface area contributed by atoms with Gasteiger partial charge in [-0.25, -0.2) is 14.8 Å². The molecule has 76 heavy (non-hydrogen) atoms. The van der Waals surface area contributed by atoms with E-state index >= 15 is 0 Å². The maximum absolute atomic E-state index is 13.9. The number of fused-ring (bicyclic) bond motifs is 3. The summed E-state index contributed by atoms with van der Waals surface area (Å²) in [5.74, 6) is -0.399. The molecule has 16 heteroatoms. The van der Waals surface area contributed by atoms with Crippen LogP contribution in [0.2, 0.25) is 0 Å². The third-order valence-corrected chi connectivity index (χ3v) is 16.1. The Morgan fingerprint density at radius 2 is 1.67 bits per heavy atom. The summed E-state index contributed by atoms with van der Waals surface area (Å²) in [6.45, 7) is 13.9. The zero-order valence-corrected chi connectivity index (χ0v) is 44.3. The van der Waals surface area contributed by atoms with Crippen LogP contribution in [0.3, 0.4) is 0 Å². The number of carboxylic acid groups (broad SMARTS) is 1. The Bertz CT molecular complexity index is 3560. The van der Waals surface area contributed by atoms with Gasteiger partial charge in [0.2, 0.25) is 11.8 Å². The van der Waals surface area contributed by atoms with Crippen molar-refractivity contribution in [3.05, 3.63) is 154 Å². The molecule has 3 N–H and O–H groups in total. The molecule has 11 rings (SSSR count). The van der Waals surface area contributed by atoms with Crippen molar-refractivity contribution < 1.29 is 29.0 Å². The van der Waals surface area contributed by atoms with Crippen LogP contribution in [0.1, 0.15) is 100 Å². The molecule has 0 aliphatic carbocycles. The number of carboxylic acids is 1. The van der Waals surface area contributed by atoms with Crippen LogP contribution < -0.4 is 25.2 Å². The van der Waals surface area contributed by atoms with Crippen molar-refractivity contribution in [2.24, 2.45) is 7.05 Å². The van der Waals surface area contributed by atoms with Gasteiger partial charge in [-0.1, -0.05) is 80.6 Å². The van der Waals surface area contributed by atoms with E-state index in [0.717, 1.165) is 106 Å². The van der Waals surface area contributed by atoms with Crippen molar-refractivity contribution in [2.45, 2.75) is 77.7 Å². The average Bonchev–Trinajstić information content (AvgIpc) is 4.01. The summed E-state index contributed by atoms with van der Waals surface area (Å²) in [4.78, 5) is 68.2. The fourth-order valence-corrected chi connectivity index (χ4v) is 12.0. The number of anilines is 3. The molecule has 2 fully saturated rings. The molecule has 15 nitrogen and oxygen atoms in total. The Labute approximate surface area is 445 Å². The van der Waals surface area contributed by atoms with Gasteiger partial charge in [-0.3, -0.25) is 34.6 Å². The maximum Gasteiger partial charge on any atom is 0.355 e. The fourth-order valence-electron chi connectivity index (χ4n) is 11.1. The number of aromatic carboxylic acids is 1. The molecule has 0 radical (unpaired) electrons. The lowest BCUT2D eigenvalue weighted by Crippen LogP contribution is -2.46. The van der Waals surface area contributed by atoms with Crippen LogP contribution in [0.5, 0.6) is 11.5 Å². The number of hydrogen-bond acceptors (Lipinski definition) is 12. The molecule has 2 saturated heterocycles. The number of aromatic nitrogens is 4.